The van der Waals surface area contributed by atoms with Gasteiger partial charge in [0.05, 0.1) is 20.3 Å². The van der Waals surface area contributed by atoms with E-state index in [9.17, 15) is 0 Å². The number of hydrogen-bond donors (Lipinski definition) is 2. The van der Waals surface area contributed by atoms with Crippen molar-refractivity contribution in [3.05, 3.63) is 23.8 Å². The lowest BCUT2D eigenvalue weighted by molar-refractivity contribution is 0.310. The van der Waals surface area contributed by atoms with Crippen molar-refractivity contribution >= 4 is 5.96 Å². The Morgan fingerprint density at radius 1 is 1.37 bits per heavy atom. The van der Waals surface area contributed by atoms with Gasteiger partial charge in [0.2, 0.25) is 0 Å². The van der Waals surface area contributed by atoms with Crippen LogP contribution in [0.5, 0.6) is 11.5 Å². The summed E-state index contributed by atoms with van der Waals surface area (Å²) >= 11 is 0. The quantitative estimate of drug-likeness (QED) is 0.609. The van der Waals surface area contributed by atoms with Crippen molar-refractivity contribution in [1.82, 2.24) is 5.32 Å². The lowest BCUT2D eigenvalue weighted by atomic mass is 10.2. The van der Waals surface area contributed by atoms with Gasteiger partial charge in [0.15, 0.2) is 17.5 Å². The maximum atomic E-state index is 5.76. The minimum Gasteiger partial charge on any atom is -0.493 e. The molecule has 0 aliphatic rings. The molecular formula is C14H23N3O2. The molecule has 19 heavy (non-hydrogen) atoms. The van der Waals surface area contributed by atoms with Crippen LogP contribution in [0.2, 0.25) is 0 Å². The predicted octanol–water partition coefficient (Wildman–Crippen LogP) is 1.91. The van der Waals surface area contributed by atoms with Gasteiger partial charge in [0.25, 0.3) is 0 Å². The number of rotatable bonds is 6. The number of nitrogens with zero attached hydrogens (tertiary/aromatic N) is 1. The number of methoxy groups -OCH3 is 1. The first-order valence-electron chi connectivity index (χ1n) is 6.43. The maximum Gasteiger partial charge on any atom is 0.189 e. The monoisotopic (exact) mass is 265 g/mol. The minimum atomic E-state index is 0.276. The van der Waals surface area contributed by atoms with Crippen LogP contribution in [0.1, 0.15) is 26.3 Å². The Kier molecular flexibility index (Phi) is 5.99. The van der Waals surface area contributed by atoms with Crippen LogP contribution in [0.3, 0.4) is 0 Å². The van der Waals surface area contributed by atoms with Gasteiger partial charge in [-0.25, -0.2) is 4.99 Å². The van der Waals surface area contributed by atoms with Crippen molar-refractivity contribution in [3.8, 4) is 11.5 Å². The molecule has 5 heteroatoms. The fourth-order valence-corrected chi connectivity index (χ4v) is 1.61. The molecule has 0 atom stereocenters. The van der Waals surface area contributed by atoms with Gasteiger partial charge in [-0.15, -0.1) is 0 Å². The van der Waals surface area contributed by atoms with Gasteiger partial charge in [-0.3, -0.25) is 0 Å². The second kappa shape index (κ2) is 7.51. The van der Waals surface area contributed by atoms with E-state index in [-0.39, 0.29) is 6.04 Å². The van der Waals surface area contributed by atoms with E-state index in [1.54, 1.807) is 7.11 Å². The number of nitrogens with one attached hydrogen (secondary N) is 1. The molecule has 0 heterocycles. The smallest absolute Gasteiger partial charge is 0.189 e. The van der Waals surface area contributed by atoms with Gasteiger partial charge in [-0.2, -0.15) is 0 Å². The molecule has 5 nitrogen and oxygen atoms in total. The molecule has 0 saturated carbocycles. The van der Waals surface area contributed by atoms with E-state index in [4.69, 9.17) is 15.2 Å². The van der Waals surface area contributed by atoms with Crippen molar-refractivity contribution in [2.45, 2.75) is 33.4 Å². The SMILES string of the molecule is CCOc1cc(CN=C(N)NC(C)C)ccc1OC. The Balaban J connectivity index is 2.76. The van der Waals surface area contributed by atoms with Crippen molar-refractivity contribution in [3.63, 3.8) is 0 Å². The third-order valence-electron chi connectivity index (χ3n) is 2.40. The highest BCUT2D eigenvalue weighted by atomic mass is 16.5. The van der Waals surface area contributed by atoms with E-state index >= 15 is 0 Å². The van der Waals surface area contributed by atoms with Crippen LogP contribution in [-0.4, -0.2) is 25.7 Å². The van der Waals surface area contributed by atoms with E-state index < -0.39 is 0 Å². The first kappa shape index (κ1) is 15.1. The van der Waals surface area contributed by atoms with Gasteiger partial charge in [0.1, 0.15) is 0 Å². The number of ether oxygens (including phenoxy) is 2. The molecule has 0 saturated heterocycles. The maximum absolute atomic E-state index is 5.76. The second-order valence-electron chi connectivity index (χ2n) is 4.42. The topological polar surface area (TPSA) is 68.9 Å². The van der Waals surface area contributed by atoms with E-state index in [1.165, 1.54) is 0 Å². The third-order valence-corrected chi connectivity index (χ3v) is 2.40. The summed E-state index contributed by atoms with van der Waals surface area (Å²) in [7, 11) is 1.63. The zero-order chi connectivity index (χ0) is 14.3. The van der Waals surface area contributed by atoms with Crippen molar-refractivity contribution in [2.24, 2.45) is 10.7 Å². The fraction of sp³-hybridized carbons (Fsp3) is 0.500. The number of guanidine groups is 1. The average Bonchev–Trinajstić information content (AvgIpc) is 2.36. The van der Waals surface area contributed by atoms with Gasteiger partial charge < -0.3 is 20.5 Å². The van der Waals surface area contributed by atoms with Crippen LogP contribution in [-0.2, 0) is 6.54 Å². The summed E-state index contributed by atoms with van der Waals surface area (Å²) < 4.78 is 10.8. The molecule has 106 valence electrons. The van der Waals surface area contributed by atoms with Crippen LogP contribution in [0, 0.1) is 0 Å². The second-order valence-corrected chi connectivity index (χ2v) is 4.42. The first-order valence-corrected chi connectivity index (χ1v) is 6.43. The highest BCUT2D eigenvalue weighted by Gasteiger charge is 2.05. The summed E-state index contributed by atoms with van der Waals surface area (Å²) in [6, 6.07) is 6.03. The van der Waals surface area contributed by atoms with E-state index in [2.05, 4.69) is 10.3 Å². The number of hydrogen-bond acceptors (Lipinski definition) is 3. The van der Waals surface area contributed by atoms with E-state index in [1.807, 2.05) is 39.0 Å². The molecule has 0 bridgehead atoms. The number of nitrogens with two attached hydrogens (primary N) is 1. The molecule has 0 radical (unpaired) electrons. The van der Waals surface area contributed by atoms with Crippen LogP contribution in [0.15, 0.2) is 23.2 Å². The molecule has 1 aromatic carbocycles. The molecule has 0 aromatic heterocycles. The zero-order valence-electron chi connectivity index (χ0n) is 12.1. The van der Waals surface area contributed by atoms with Crippen LogP contribution < -0.4 is 20.5 Å². The minimum absolute atomic E-state index is 0.276. The predicted molar refractivity (Wildman–Crippen MR) is 77.8 cm³/mol. The van der Waals surface area contributed by atoms with Gasteiger partial charge in [0, 0.05) is 6.04 Å². The van der Waals surface area contributed by atoms with Crippen LogP contribution in [0.4, 0.5) is 0 Å². The fourth-order valence-electron chi connectivity index (χ4n) is 1.61. The van der Waals surface area contributed by atoms with Gasteiger partial charge in [-0.05, 0) is 38.5 Å². The molecular weight excluding hydrogens is 242 g/mol. The Morgan fingerprint density at radius 3 is 2.68 bits per heavy atom. The van der Waals surface area contributed by atoms with E-state index in [0.717, 1.165) is 17.1 Å². The molecule has 1 rings (SSSR count). The van der Waals surface area contributed by atoms with Crippen molar-refractivity contribution in [1.29, 1.82) is 0 Å². The highest BCUT2D eigenvalue weighted by molar-refractivity contribution is 5.78. The Morgan fingerprint density at radius 2 is 2.11 bits per heavy atom. The largest absolute Gasteiger partial charge is 0.493 e. The molecule has 0 aliphatic carbocycles. The zero-order valence-corrected chi connectivity index (χ0v) is 12.1. The standard InChI is InChI=1S/C14H23N3O2/c1-5-19-13-8-11(6-7-12(13)18-4)9-16-14(15)17-10(2)3/h6-8,10H,5,9H2,1-4H3,(H3,15,16,17). The normalized spacial score (nSPS) is 11.5. The van der Waals surface area contributed by atoms with Crippen LogP contribution in [0.25, 0.3) is 0 Å². The summed E-state index contributed by atoms with van der Waals surface area (Å²) in [5.41, 5.74) is 6.78. The number of benzene rings is 1. The van der Waals surface area contributed by atoms with Crippen molar-refractivity contribution < 1.29 is 9.47 Å². The third kappa shape index (κ3) is 5.07. The van der Waals surface area contributed by atoms with Crippen molar-refractivity contribution in [2.75, 3.05) is 13.7 Å². The molecule has 3 N–H and O–H groups in total. The summed E-state index contributed by atoms with van der Waals surface area (Å²) in [5.74, 6) is 1.90. The summed E-state index contributed by atoms with van der Waals surface area (Å²) in [6.45, 7) is 7.08. The average molecular weight is 265 g/mol. The highest BCUT2D eigenvalue weighted by Crippen LogP contribution is 2.28. The van der Waals surface area contributed by atoms with Gasteiger partial charge in [-0.1, -0.05) is 6.07 Å². The Hall–Kier alpha value is -1.91. The van der Waals surface area contributed by atoms with E-state index in [0.29, 0.717) is 19.1 Å². The lowest BCUT2D eigenvalue weighted by Crippen LogP contribution is -2.36. The molecule has 0 amide bonds. The molecule has 0 aliphatic heterocycles. The molecule has 1 aromatic rings. The molecule has 0 unspecified atom stereocenters. The van der Waals surface area contributed by atoms with Crippen LogP contribution >= 0.6 is 0 Å². The number of aliphatic imine (C=N–C) groups is 1. The lowest BCUT2D eigenvalue weighted by Gasteiger charge is -2.11. The summed E-state index contributed by atoms with van der Waals surface area (Å²) in [6.07, 6.45) is 0. The molecule has 0 fully saturated rings. The Bertz CT molecular complexity index is 431. The Labute approximate surface area is 114 Å². The summed E-state index contributed by atoms with van der Waals surface area (Å²) in [4.78, 5) is 4.28. The van der Waals surface area contributed by atoms with Gasteiger partial charge >= 0.3 is 0 Å². The summed E-state index contributed by atoms with van der Waals surface area (Å²) in [5, 5.41) is 3.05. The first-order chi connectivity index (χ1) is 9.06. The molecule has 0 spiro atoms.